The van der Waals surface area contributed by atoms with Crippen molar-refractivity contribution in [3.63, 3.8) is 0 Å². The van der Waals surface area contributed by atoms with Gasteiger partial charge in [0.1, 0.15) is 18.3 Å². The Kier molecular flexibility index (Phi) is 16.2. The summed E-state index contributed by atoms with van der Waals surface area (Å²) < 4.78 is 10.1. The predicted octanol–water partition coefficient (Wildman–Crippen LogP) is 3.59. The number of rotatable bonds is 18. The Labute approximate surface area is 188 Å². The maximum absolute atomic E-state index is 12.0. The van der Waals surface area contributed by atoms with Gasteiger partial charge in [-0.15, -0.1) is 0 Å². The Hall–Kier alpha value is -0.730. The zero-order chi connectivity index (χ0) is 22.9. The monoisotopic (exact) mass is 446 g/mol. The zero-order valence-electron chi connectivity index (χ0n) is 19.4. The highest BCUT2D eigenvalue weighted by atomic mass is 16.7. The fourth-order valence-electron chi connectivity index (χ4n) is 4.05. The Balaban J connectivity index is 1.95. The smallest absolute Gasteiger partial charge is 0.306 e. The van der Waals surface area contributed by atoms with Gasteiger partial charge in [-0.1, -0.05) is 96.8 Å². The molecule has 7 nitrogen and oxygen atoms in total. The molecule has 1 saturated heterocycles. The van der Waals surface area contributed by atoms with Crippen LogP contribution in [0.4, 0.5) is 0 Å². The normalized spacial score (nSPS) is 26.2. The predicted molar refractivity (Wildman–Crippen MR) is 119 cm³/mol. The third-order valence-electron chi connectivity index (χ3n) is 6.09. The van der Waals surface area contributed by atoms with Gasteiger partial charge in [0.25, 0.3) is 0 Å². The summed E-state index contributed by atoms with van der Waals surface area (Å²) in [6.45, 7) is 1.70. The number of hydrogen-bond donors (Lipinski definition) is 4. The molecule has 0 aliphatic carbocycles. The summed E-state index contributed by atoms with van der Waals surface area (Å²) >= 11 is 0. The minimum atomic E-state index is -1.57. The van der Waals surface area contributed by atoms with Crippen LogP contribution in [0.5, 0.6) is 0 Å². The topological polar surface area (TPSA) is 116 Å². The first kappa shape index (κ1) is 28.3. The molecule has 0 amide bonds. The Bertz CT molecular complexity index is 446. The van der Waals surface area contributed by atoms with Crippen molar-refractivity contribution in [3.8, 4) is 0 Å². The molecule has 0 saturated carbocycles. The minimum absolute atomic E-state index is 0.202. The Morgan fingerprint density at radius 1 is 0.742 bits per heavy atom. The molecule has 1 aliphatic heterocycles. The molecule has 0 aromatic heterocycles. The van der Waals surface area contributed by atoms with Crippen LogP contribution in [0.25, 0.3) is 0 Å². The van der Waals surface area contributed by atoms with E-state index >= 15 is 0 Å². The third-order valence-corrected chi connectivity index (χ3v) is 6.09. The summed E-state index contributed by atoms with van der Waals surface area (Å²) in [7, 11) is 0. The summed E-state index contributed by atoms with van der Waals surface area (Å²) in [5, 5.41) is 38.7. The number of ether oxygens (including phenoxy) is 2. The molecule has 0 aromatic rings. The fraction of sp³-hybridized carbons (Fsp3) is 0.958. The van der Waals surface area contributed by atoms with Gasteiger partial charge in [-0.3, -0.25) is 4.79 Å². The number of carbonyl (C=O) groups excluding carboxylic acids is 1. The van der Waals surface area contributed by atoms with E-state index in [2.05, 4.69) is 6.92 Å². The average Bonchev–Trinajstić information content (AvgIpc) is 2.76. The van der Waals surface area contributed by atoms with Crippen LogP contribution in [0.15, 0.2) is 0 Å². The lowest BCUT2D eigenvalue weighted by Crippen LogP contribution is -2.59. The quantitative estimate of drug-likeness (QED) is 0.188. The number of carbonyl (C=O) groups is 1. The maximum Gasteiger partial charge on any atom is 0.306 e. The summed E-state index contributed by atoms with van der Waals surface area (Å²) in [5.74, 6) is -0.531. The molecule has 0 bridgehead atoms. The van der Waals surface area contributed by atoms with Crippen molar-refractivity contribution < 1.29 is 34.7 Å². The number of esters is 1. The molecule has 184 valence electrons. The van der Waals surface area contributed by atoms with Crippen LogP contribution >= 0.6 is 0 Å². The highest BCUT2D eigenvalue weighted by Crippen LogP contribution is 2.23. The van der Waals surface area contributed by atoms with E-state index < -0.39 is 43.3 Å². The fourth-order valence-corrected chi connectivity index (χ4v) is 4.05. The Morgan fingerprint density at radius 2 is 1.19 bits per heavy atom. The molecule has 1 heterocycles. The first-order valence-corrected chi connectivity index (χ1v) is 12.5. The molecule has 1 rings (SSSR count). The summed E-state index contributed by atoms with van der Waals surface area (Å²) in [4.78, 5) is 12.0. The average molecular weight is 447 g/mol. The first-order valence-electron chi connectivity index (χ1n) is 12.5. The molecule has 7 heteroatoms. The van der Waals surface area contributed by atoms with E-state index in [0.717, 1.165) is 12.8 Å². The maximum atomic E-state index is 12.0. The van der Waals surface area contributed by atoms with E-state index in [1.165, 1.54) is 77.0 Å². The van der Waals surface area contributed by atoms with E-state index in [1.807, 2.05) is 0 Å². The van der Waals surface area contributed by atoms with Gasteiger partial charge in [0, 0.05) is 6.42 Å². The third kappa shape index (κ3) is 12.2. The van der Waals surface area contributed by atoms with E-state index in [0.29, 0.717) is 6.42 Å². The molecule has 0 radical (unpaired) electrons. The lowest BCUT2D eigenvalue weighted by atomic mass is 9.99. The summed E-state index contributed by atoms with van der Waals surface area (Å²) in [6, 6.07) is 0. The zero-order valence-corrected chi connectivity index (χ0v) is 19.4. The number of aliphatic hydroxyl groups is 4. The highest BCUT2D eigenvalue weighted by Gasteiger charge is 2.45. The van der Waals surface area contributed by atoms with Gasteiger partial charge in [-0.25, -0.2) is 0 Å². The standard InChI is InChI=1S/C24H46O7/c1-2-3-4-5-6-7-8-9-10-11-12-13-14-15-16-17-20(26)31-23-22(28)21(27)19(18-25)30-24(23)29/h19,21-25,27-29H,2-18H2,1H3/t19-,21-,22+,23-,24?/m1/s1. The van der Waals surface area contributed by atoms with Crippen molar-refractivity contribution in [2.45, 2.75) is 140 Å². The first-order chi connectivity index (χ1) is 15.0. The highest BCUT2D eigenvalue weighted by molar-refractivity contribution is 5.69. The van der Waals surface area contributed by atoms with E-state index in [1.54, 1.807) is 0 Å². The molecule has 31 heavy (non-hydrogen) atoms. The molecular formula is C24H46O7. The molecule has 5 atom stereocenters. The van der Waals surface area contributed by atoms with E-state index in [9.17, 15) is 20.1 Å². The molecule has 1 fully saturated rings. The molecule has 4 N–H and O–H groups in total. The molecule has 1 aliphatic rings. The van der Waals surface area contributed by atoms with E-state index in [4.69, 9.17) is 14.6 Å². The summed E-state index contributed by atoms with van der Waals surface area (Å²) in [6.07, 6.45) is 11.9. The molecule has 0 aromatic carbocycles. The van der Waals surface area contributed by atoms with Gasteiger partial charge in [-0.2, -0.15) is 0 Å². The van der Waals surface area contributed by atoms with Crippen LogP contribution in [-0.2, 0) is 14.3 Å². The van der Waals surface area contributed by atoms with Crippen molar-refractivity contribution in [1.29, 1.82) is 0 Å². The largest absolute Gasteiger partial charge is 0.454 e. The lowest BCUT2D eigenvalue weighted by Gasteiger charge is -2.39. The van der Waals surface area contributed by atoms with E-state index in [-0.39, 0.29) is 6.42 Å². The second-order valence-corrected chi connectivity index (χ2v) is 8.88. The number of hydrogen-bond acceptors (Lipinski definition) is 7. The van der Waals surface area contributed by atoms with Crippen molar-refractivity contribution >= 4 is 5.97 Å². The molecular weight excluding hydrogens is 400 g/mol. The van der Waals surface area contributed by atoms with Gasteiger partial charge < -0.3 is 29.9 Å². The second kappa shape index (κ2) is 17.8. The summed E-state index contributed by atoms with van der Waals surface area (Å²) in [5.41, 5.74) is 0. The number of unbranched alkanes of at least 4 members (excludes halogenated alkanes) is 14. The van der Waals surface area contributed by atoms with Crippen LogP contribution in [0.2, 0.25) is 0 Å². The minimum Gasteiger partial charge on any atom is -0.454 e. The SMILES string of the molecule is CCCCCCCCCCCCCCCCCC(=O)O[C@H]1C(O)O[C@H](CO)[C@@H](O)[C@@H]1O. The van der Waals surface area contributed by atoms with Crippen LogP contribution < -0.4 is 0 Å². The number of aliphatic hydroxyl groups excluding tert-OH is 4. The van der Waals surface area contributed by atoms with Crippen molar-refractivity contribution in [2.24, 2.45) is 0 Å². The van der Waals surface area contributed by atoms with Gasteiger partial charge in [0.05, 0.1) is 6.61 Å². The lowest BCUT2D eigenvalue weighted by molar-refractivity contribution is -0.290. The van der Waals surface area contributed by atoms with Crippen molar-refractivity contribution in [2.75, 3.05) is 6.61 Å². The van der Waals surface area contributed by atoms with Crippen molar-refractivity contribution in [1.82, 2.24) is 0 Å². The van der Waals surface area contributed by atoms with Crippen LogP contribution in [-0.4, -0.2) is 63.7 Å². The van der Waals surface area contributed by atoms with Crippen LogP contribution in [0, 0.1) is 0 Å². The van der Waals surface area contributed by atoms with Crippen LogP contribution in [0.1, 0.15) is 110 Å². The molecule has 1 unspecified atom stereocenters. The van der Waals surface area contributed by atoms with Gasteiger partial charge in [0.2, 0.25) is 0 Å². The second-order valence-electron chi connectivity index (χ2n) is 8.88. The van der Waals surface area contributed by atoms with Crippen molar-refractivity contribution in [3.05, 3.63) is 0 Å². The Morgan fingerprint density at radius 3 is 1.65 bits per heavy atom. The van der Waals surface area contributed by atoms with Gasteiger partial charge in [0.15, 0.2) is 12.4 Å². The van der Waals surface area contributed by atoms with Gasteiger partial charge >= 0.3 is 5.97 Å². The van der Waals surface area contributed by atoms with Gasteiger partial charge in [-0.05, 0) is 6.42 Å². The van der Waals surface area contributed by atoms with Crippen LogP contribution in [0.3, 0.4) is 0 Å². The molecule has 0 spiro atoms.